The van der Waals surface area contributed by atoms with E-state index in [2.05, 4.69) is 59.2 Å². The zero-order valence-corrected chi connectivity index (χ0v) is 12.7. The molecule has 5 heteroatoms. The average molecular weight is 276 g/mol. The summed E-state index contributed by atoms with van der Waals surface area (Å²) in [6.07, 6.45) is 0. The van der Waals surface area contributed by atoms with Crippen molar-refractivity contribution in [2.45, 2.75) is 40.3 Å². The number of rotatable bonds is 1. The molecule has 0 radical (unpaired) electrons. The minimum absolute atomic E-state index is 0.146. The number of hydrogen-bond donors (Lipinski definition) is 1. The first-order chi connectivity index (χ1) is 8.98. The molecule has 0 aliphatic carbocycles. The standard InChI is InChI=1S/C14H20N4S/c1-9-5-8-19-10(9)12-16-17-13-11(14(2,3)4)15-6-7-18(12)13/h5,8,11,15H,6-7H2,1-4H3. The van der Waals surface area contributed by atoms with Crippen molar-refractivity contribution in [2.75, 3.05) is 6.54 Å². The molecule has 1 unspecified atom stereocenters. The topological polar surface area (TPSA) is 42.7 Å². The van der Waals surface area contributed by atoms with Gasteiger partial charge in [0.15, 0.2) is 11.6 Å². The van der Waals surface area contributed by atoms with Gasteiger partial charge in [-0.2, -0.15) is 0 Å². The van der Waals surface area contributed by atoms with Crippen molar-refractivity contribution in [3.05, 3.63) is 22.8 Å². The first kappa shape index (κ1) is 12.8. The van der Waals surface area contributed by atoms with Crippen LogP contribution in [-0.2, 0) is 6.54 Å². The highest BCUT2D eigenvalue weighted by Crippen LogP contribution is 2.36. The number of aryl methyl sites for hydroxylation is 1. The summed E-state index contributed by atoms with van der Waals surface area (Å²) in [5.74, 6) is 2.10. The lowest BCUT2D eigenvalue weighted by atomic mass is 9.85. The first-order valence-electron chi connectivity index (χ1n) is 6.69. The molecule has 0 saturated heterocycles. The van der Waals surface area contributed by atoms with Gasteiger partial charge in [0.1, 0.15) is 0 Å². The maximum atomic E-state index is 4.46. The molecule has 0 amide bonds. The highest BCUT2D eigenvalue weighted by molar-refractivity contribution is 7.13. The van der Waals surface area contributed by atoms with Gasteiger partial charge in [0, 0.05) is 13.1 Å². The van der Waals surface area contributed by atoms with E-state index >= 15 is 0 Å². The zero-order chi connectivity index (χ0) is 13.6. The summed E-state index contributed by atoms with van der Waals surface area (Å²) in [6.45, 7) is 10.8. The van der Waals surface area contributed by atoms with E-state index in [-0.39, 0.29) is 11.5 Å². The fourth-order valence-corrected chi connectivity index (χ4v) is 3.54. The molecule has 0 aromatic carbocycles. The molecular weight excluding hydrogens is 256 g/mol. The predicted molar refractivity (Wildman–Crippen MR) is 78.3 cm³/mol. The maximum absolute atomic E-state index is 4.46. The molecule has 0 spiro atoms. The van der Waals surface area contributed by atoms with E-state index in [1.807, 2.05) is 0 Å². The third-order valence-corrected chi connectivity index (χ3v) is 4.67. The van der Waals surface area contributed by atoms with Crippen molar-refractivity contribution >= 4 is 11.3 Å². The Bertz CT molecular complexity index is 591. The molecule has 2 aromatic rings. The fourth-order valence-electron chi connectivity index (χ4n) is 2.62. The zero-order valence-electron chi connectivity index (χ0n) is 11.9. The van der Waals surface area contributed by atoms with Gasteiger partial charge >= 0.3 is 0 Å². The molecule has 1 N–H and O–H groups in total. The van der Waals surface area contributed by atoms with E-state index in [4.69, 9.17) is 0 Å². The van der Waals surface area contributed by atoms with Gasteiger partial charge in [-0.1, -0.05) is 20.8 Å². The summed E-state index contributed by atoms with van der Waals surface area (Å²) >= 11 is 1.75. The SMILES string of the molecule is Cc1ccsc1-c1nnc2n1CCNC2C(C)(C)C. The Morgan fingerprint density at radius 2 is 2.16 bits per heavy atom. The molecule has 102 valence electrons. The predicted octanol–water partition coefficient (Wildman–Crippen LogP) is 3.01. The highest BCUT2D eigenvalue weighted by Gasteiger charge is 2.34. The van der Waals surface area contributed by atoms with Crippen LogP contribution in [0, 0.1) is 12.3 Å². The van der Waals surface area contributed by atoms with Gasteiger partial charge in [-0.05, 0) is 29.3 Å². The van der Waals surface area contributed by atoms with Crippen LogP contribution < -0.4 is 5.32 Å². The van der Waals surface area contributed by atoms with Crippen molar-refractivity contribution in [2.24, 2.45) is 5.41 Å². The highest BCUT2D eigenvalue weighted by atomic mass is 32.1. The molecule has 0 saturated carbocycles. The van der Waals surface area contributed by atoms with Crippen molar-refractivity contribution < 1.29 is 0 Å². The lowest BCUT2D eigenvalue weighted by Crippen LogP contribution is -2.40. The van der Waals surface area contributed by atoms with Crippen LogP contribution >= 0.6 is 11.3 Å². The summed E-state index contributed by atoms with van der Waals surface area (Å²) in [5, 5.41) is 14.6. The second kappa shape index (κ2) is 4.42. The Morgan fingerprint density at radius 3 is 2.79 bits per heavy atom. The third-order valence-electron chi connectivity index (χ3n) is 3.65. The van der Waals surface area contributed by atoms with Crippen LogP contribution in [0.1, 0.15) is 38.2 Å². The van der Waals surface area contributed by atoms with E-state index in [0.717, 1.165) is 24.7 Å². The van der Waals surface area contributed by atoms with Crippen molar-refractivity contribution in [3.8, 4) is 10.7 Å². The molecule has 1 aliphatic rings. The molecule has 3 rings (SSSR count). The Hall–Kier alpha value is -1.20. The normalized spacial score (nSPS) is 19.5. The molecule has 0 bridgehead atoms. The Kier molecular flexibility index (Phi) is 2.98. The van der Waals surface area contributed by atoms with Crippen LogP contribution in [0.2, 0.25) is 0 Å². The lowest BCUT2D eigenvalue weighted by Gasteiger charge is -2.34. The fraction of sp³-hybridized carbons (Fsp3) is 0.571. The van der Waals surface area contributed by atoms with Crippen molar-refractivity contribution in [1.82, 2.24) is 20.1 Å². The van der Waals surface area contributed by atoms with Gasteiger partial charge < -0.3 is 9.88 Å². The average Bonchev–Trinajstić information content (AvgIpc) is 2.92. The minimum Gasteiger partial charge on any atom is -0.308 e. The monoisotopic (exact) mass is 276 g/mol. The van der Waals surface area contributed by atoms with Crippen LogP contribution in [-0.4, -0.2) is 21.3 Å². The third kappa shape index (κ3) is 2.11. The maximum Gasteiger partial charge on any atom is 0.174 e. The molecule has 1 atom stereocenters. The molecule has 3 heterocycles. The number of nitrogens with one attached hydrogen (secondary N) is 1. The summed E-state index contributed by atoms with van der Waals surface area (Å²) in [6, 6.07) is 2.41. The number of fused-ring (bicyclic) bond motifs is 1. The lowest BCUT2D eigenvalue weighted by molar-refractivity contribution is 0.234. The van der Waals surface area contributed by atoms with Crippen LogP contribution in [0.15, 0.2) is 11.4 Å². The molecular formula is C14H20N4S. The smallest absolute Gasteiger partial charge is 0.174 e. The van der Waals surface area contributed by atoms with E-state index in [1.54, 1.807) is 11.3 Å². The Morgan fingerprint density at radius 1 is 1.37 bits per heavy atom. The Balaban J connectivity index is 2.09. The van der Waals surface area contributed by atoms with E-state index in [1.165, 1.54) is 10.4 Å². The van der Waals surface area contributed by atoms with Gasteiger partial charge in [-0.3, -0.25) is 0 Å². The van der Waals surface area contributed by atoms with Gasteiger partial charge in [-0.15, -0.1) is 21.5 Å². The second-order valence-electron chi connectivity index (χ2n) is 6.22. The first-order valence-corrected chi connectivity index (χ1v) is 7.57. The minimum atomic E-state index is 0.146. The molecule has 19 heavy (non-hydrogen) atoms. The molecule has 1 aliphatic heterocycles. The van der Waals surface area contributed by atoms with Crippen molar-refractivity contribution in [1.29, 1.82) is 0 Å². The number of nitrogens with zero attached hydrogens (tertiary/aromatic N) is 3. The quantitative estimate of drug-likeness (QED) is 0.870. The van der Waals surface area contributed by atoms with Crippen LogP contribution in [0.3, 0.4) is 0 Å². The van der Waals surface area contributed by atoms with Gasteiger partial charge in [-0.25, -0.2) is 0 Å². The van der Waals surface area contributed by atoms with Gasteiger partial charge in [0.2, 0.25) is 0 Å². The molecule has 4 nitrogen and oxygen atoms in total. The Labute approximate surface area is 117 Å². The van der Waals surface area contributed by atoms with E-state index < -0.39 is 0 Å². The van der Waals surface area contributed by atoms with Crippen LogP contribution in [0.5, 0.6) is 0 Å². The van der Waals surface area contributed by atoms with Gasteiger partial charge in [0.05, 0.1) is 10.9 Å². The van der Waals surface area contributed by atoms with E-state index in [0.29, 0.717) is 0 Å². The summed E-state index contributed by atoms with van der Waals surface area (Å²) in [7, 11) is 0. The second-order valence-corrected chi connectivity index (χ2v) is 7.14. The van der Waals surface area contributed by atoms with E-state index in [9.17, 15) is 0 Å². The number of hydrogen-bond acceptors (Lipinski definition) is 4. The number of aromatic nitrogens is 3. The van der Waals surface area contributed by atoms with Crippen LogP contribution in [0.25, 0.3) is 10.7 Å². The van der Waals surface area contributed by atoms with Crippen molar-refractivity contribution in [3.63, 3.8) is 0 Å². The summed E-state index contributed by atoms with van der Waals surface area (Å²) in [5.41, 5.74) is 1.43. The molecule has 2 aromatic heterocycles. The van der Waals surface area contributed by atoms with Gasteiger partial charge in [0.25, 0.3) is 0 Å². The summed E-state index contributed by atoms with van der Waals surface area (Å²) in [4.78, 5) is 1.24. The summed E-state index contributed by atoms with van der Waals surface area (Å²) < 4.78 is 2.28. The number of thiophene rings is 1. The largest absolute Gasteiger partial charge is 0.308 e. The van der Waals surface area contributed by atoms with Crippen LogP contribution in [0.4, 0.5) is 0 Å². The molecule has 0 fully saturated rings.